The first kappa shape index (κ1) is 25.3. The van der Waals surface area contributed by atoms with Crippen molar-refractivity contribution in [1.29, 1.82) is 0 Å². The second-order valence-electron chi connectivity index (χ2n) is 8.27. The van der Waals surface area contributed by atoms with Crippen LogP contribution in [0.25, 0.3) is 0 Å². The Kier molecular flexibility index (Phi) is 7.30. The molecule has 180 valence electrons. The Bertz CT molecular complexity index is 1260. The lowest BCUT2D eigenvalue weighted by molar-refractivity contribution is -0.148. The maximum absolute atomic E-state index is 13.2. The fourth-order valence-electron chi connectivity index (χ4n) is 3.53. The summed E-state index contributed by atoms with van der Waals surface area (Å²) in [5.41, 5.74) is 2.17. The van der Waals surface area contributed by atoms with Crippen LogP contribution in [0.3, 0.4) is 0 Å². The number of carbonyl (C=O) groups excluding carboxylic acids is 1. The maximum atomic E-state index is 13.2. The monoisotopic (exact) mass is 496 g/mol. The number of hydrogen-bond acceptors (Lipinski definition) is 7. The van der Waals surface area contributed by atoms with E-state index in [4.69, 9.17) is 4.74 Å². The number of aryl methyl sites for hydroxylation is 2. The molecular weight excluding hydrogens is 468 g/mol. The second kappa shape index (κ2) is 9.51. The largest absolute Gasteiger partial charge is 0.460 e. The Balaban J connectivity index is 1.78. The molecule has 1 fully saturated rings. The fraction of sp³-hybridized carbons (Fsp3) is 0.409. The molecule has 9 nitrogen and oxygen atoms in total. The molecule has 2 aromatic carbocycles. The molecule has 0 bridgehead atoms. The molecule has 0 aromatic heterocycles. The van der Waals surface area contributed by atoms with E-state index in [1.54, 1.807) is 19.1 Å². The topological polar surface area (TPSA) is 121 Å². The van der Waals surface area contributed by atoms with Crippen molar-refractivity contribution in [3.8, 4) is 0 Å². The average Bonchev–Trinajstić information content (AvgIpc) is 3.16. The van der Waals surface area contributed by atoms with Crippen molar-refractivity contribution in [2.75, 3.05) is 20.6 Å². The lowest BCUT2D eigenvalue weighted by atomic mass is 10.1. The zero-order valence-electron chi connectivity index (χ0n) is 18.9. The van der Waals surface area contributed by atoms with Crippen molar-refractivity contribution in [2.45, 2.75) is 48.8 Å². The third-order valence-corrected chi connectivity index (χ3v) is 9.33. The van der Waals surface area contributed by atoms with E-state index in [9.17, 15) is 26.7 Å². The van der Waals surface area contributed by atoms with Crippen LogP contribution in [0, 0.1) is 13.8 Å². The summed E-state index contributed by atoms with van der Waals surface area (Å²) in [6.45, 7) is 3.21. The Hall–Kier alpha value is -2.31. The van der Waals surface area contributed by atoms with Gasteiger partial charge in [0, 0.05) is 27.1 Å². The number of β-amino-alcohol motifs (C(OH)–C–C–N with tert-alkyl or cyclic N) is 1. The van der Waals surface area contributed by atoms with E-state index >= 15 is 0 Å². The van der Waals surface area contributed by atoms with Crippen LogP contribution in [-0.4, -0.2) is 69.3 Å². The minimum absolute atomic E-state index is 0.0408. The number of aliphatic hydroxyl groups is 1. The smallest absolute Gasteiger partial charge is 0.324 e. The molecule has 1 aliphatic heterocycles. The highest BCUT2D eigenvalue weighted by atomic mass is 32.2. The summed E-state index contributed by atoms with van der Waals surface area (Å²) in [7, 11) is -4.86. The normalized spacial score (nSPS) is 19.7. The zero-order valence-corrected chi connectivity index (χ0v) is 20.6. The Morgan fingerprint density at radius 3 is 2.39 bits per heavy atom. The third kappa shape index (κ3) is 5.28. The van der Waals surface area contributed by atoms with Gasteiger partial charge in [-0.15, -0.1) is 0 Å². The lowest BCUT2D eigenvalue weighted by Gasteiger charge is -2.23. The van der Waals surface area contributed by atoms with Crippen LogP contribution >= 0.6 is 0 Å². The van der Waals surface area contributed by atoms with E-state index in [1.165, 1.54) is 44.4 Å². The van der Waals surface area contributed by atoms with Crippen molar-refractivity contribution in [1.82, 2.24) is 8.61 Å². The first-order chi connectivity index (χ1) is 15.3. The summed E-state index contributed by atoms with van der Waals surface area (Å²) < 4.78 is 58.4. The molecule has 2 aromatic rings. The van der Waals surface area contributed by atoms with Crippen LogP contribution in [0.5, 0.6) is 0 Å². The predicted octanol–water partition coefficient (Wildman–Crippen LogP) is 1.42. The van der Waals surface area contributed by atoms with Gasteiger partial charge in [0.25, 0.3) is 0 Å². The van der Waals surface area contributed by atoms with E-state index < -0.39 is 38.2 Å². The van der Waals surface area contributed by atoms with Crippen LogP contribution in [0.2, 0.25) is 0 Å². The van der Waals surface area contributed by atoms with Crippen molar-refractivity contribution in [3.05, 3.63) is 59.2 Å². The molecule has 1 aliphatic rings. The number of ether oxygens (including phenoxy) is 1. The fourth-order valence-corrected chi connectivity index (χ4v) is 6.22. The Morgan fingerprint density at radius 1 is 1.06 bits per heavy atom. The molecule has 0 saturated carbocycles. The van der Waals surface area contributed by atoms with Crippen LogP contribution in [0.15, 0.2) is 52.3 Å². The van der Waals surface area contributed by atoms with Crippen LogP contribution in [0.1, 0.15) is 23.1 Å². The molecule has 0 amide bonds. The molecule has 2 atom stereocenters. The van der Waals surface area contributed by atoms with Crippen LogP contribution in [-0.2, 0) is 36.2 Å². The van der Waals surface area contributed by atoms with Crippen molar-refractivity contribution in [2.24, 2.45) is 0 Å². The highest BCUT2D eigenvalue weighted by Gasteiger charge is 2.44. The summed E-state index contributed by atoms with van der Waals surface area (Å²) in [5, 5.41) is 10.1. The third-order valence-electron chi connectivity index (χ3n) is 5.65. The van der Waals surface area contributed by atoms with Gasteiger partial charge in [-0.1, -0.05) is 18.2 Å². The van der Waals surface area contributed by atoms with E-state index in [-0.39, 0.29) is 29.4 Å². The summed E-state index contributed by atoms with van der Waals surface area (Å²) in [4.78, 5) is 12.9. The quantitative estimate of drug-likeness (QED) is 0.576. The summed E-state index contributed by atoms with van der Waals surface area (Å²) >= 11 is 0. The van der Waals surface area contributed by atoms with Crippen molar-refractivity contribution < 1.29 is 31.5 Å². The maximum Gasteiger partial charge on any atom is 0.324 e. The minimum Gasteiger partial charge on any atom is -0.460 e. The summed E-state index contributed by atoms with van der Waals surface area (Å²) in [6, 6.07) is 9.50. The van der Waals surface area contributed by atoms with Gasteiger partial charge in [0.05, 0.1) is 15.9 Å². The molecule has 0 radical (unpaired) electrons. The molecular formula is C22H28N2O7S2. The van der Waals surface area contributed by atoms with Gasteiger partial charge < -0.3 is 9.84 Å². The average molecular weight is 497 g/mol. The number of nitrogens with zero attached hydrogens (tertiary/aromatic N) is 2. The van der Waals surface area contributed by atoms with E-state index in [2.05, 4.69) is 0 Å². The molecule has 1 heterocycles. The van der Waals surface area contributed by atoms with Gasteiger partial charge in [0.15, 0.2) is 0 Å². The van der Waals surface area contributed by atoms with Gasteiger partial charge in [0.2, 0.25) is 20.0 Å². The van der Waals surface area contributed by atoms with Crippen molar-refractivity contribution >= 4 is 26.0 Å². The number of carbonyl (C=O) groups is 1. The minimum atomic E-state index is -4.04. The SMILES string of the molecule is Cc1ccc(S(=O)(=O)N2CC(O)CC2C(=O)OCc2cccc(S(=O)(=O)N(C)C)c2)cc1C. The number of esters is 1. The molecule has 2 unspecified atom stereocenters. The Labute approximate surface area is 194 Å². The van der Waals surface area contributed by atoms with E-state index in [1.807, 2.05) is 6.92 Å². The van der Waals surface area contributed by atoms with E-state index in [0.717, 1.165) is 19.7 Å². The number of rotatable bonds is 7. The molecule has 0 spiro atoms. The molecule has 33 heavy (non-hydrogen) atoms. The van der Waals surface area contributed by atoms with Gasteiger partial charge in [0.1, 0.15) is 12.6 Å². The van der Waals surface area contributed by atoms with Gasteiger partial charge in [-0.25, -0.2) is 21.1 Å². The summed E-state index contributed by atoms with van der Waals surface area (Å²) in [6.07, 6.45) is -1.09. The molecule has 0 aliphatic carbocycles. The van der Waals surface area contributed by atoms with Gasteiger partial charge >= 0.3 is 5.97 Å². The first-order valence-electron chi connectivity index (χ1n) is 10.3. The predicted molar refractivity (Wildman–Crippen MR) is 121 cm³/mol. The van der Waals surface area contributed by atoms with Crippen LogP contribution < -0.4 is 0 Å². The standard InChI is InChI=1S/C22H28N2O7S2/c1-15-8-9-20(10-16(15)2)33(29,30)24-13-18(25)12-21(24)22(26)31-14-17-6-5-7-19(11-17)32(27,28)23(3)4/h5-11,18,21,25H,12-14H2,1-4H3. The number of benzene rings is 2. The zero-order chi connectivity index (χ0) is 24.6. The first-order valence-corrected chi connectivity index (χ1v) is 13.2. The highest BCUT2D eigenvalue weighted by molar-refractivity contribution is 7.89. The molecule has 11 heteroatoms. The second-order valence-corrected chi connectivity index (χ2v) is 12.3. The number of hydrogen-bond donors (Lipinski definition) is 1. The van der Waals surface area contributed by atoms with Gasteiger partial charge in [-0.3, -0.25) is 4.79 Å². The number of aliphatic hydroxyl groups excluding tert-OH is 1. The highest BCUT2D eigenvalue weighted by Crippen LogP contribution is 2.28. The van der Waals surface area contributed by atoms with Gasteiger partial charge in [-0.05, 0) is 54.8 Å². The molecule has 1 N–H and O–H groups in total. The van der Waals surface area contributed by atoms with Crippen LogP contribution in [0.4, 0.5) is 0 Å². The lowest BCUT2D eigenvalue weighted by Crippen LogP contribution is -2.41. The van der Waals surface area contributed by atoms with Crippen molar-refractivity contribution in [3.63, 3.8) is 0 Å². The number of sulfonamides is 2. The molecule has 3 rings (SSSR count). The Morgan fingerprint density at radius 2 is 1.76 bits per heavy atom. The van der Waals surface area contributed by atoms with E-state index in [0.29, 0.717) is 5.56 Å². The van der Waals surface area contributed by atoms with Gasteiger partial charge in [-0.2, -0.15) is 4.31 Å². The summed E-state index contributed by atoms with van der Waals surface area (Å²) in [5.74, 6) is -0.806. The molecule has 1 saturated heterocycles.